The van der Waals surface area contributed by atoms with Gasteiger partial charge in [-0.05, 0) is 41.5 Å². The molecule has 4 rings (SSSR count). The van der Waals surface area contributed by atoms with Gasteiger partial charge < -0.3 is 35.1 Å². The molecule has 14 nitrogen and oxygen atoms in total. The summed E-state index contributed by atoms with van der Waals surface area (Å²) in [6.45, 7) is 7.21. The van der Waals surface area contributed by atoms with Gasteiger partial charge in [-0.2, -0.15) is 0 Å². The van der Waals surface area contributed by atoms with Crippen molar-refractivity contribution < 1.29 is 52.0 Å². The van der Waals surface area contributed by atoms with Gasteiger partial charge in [-0.1, -0.05) is 108 Å². The average Bonchev–Trinajstić information content (AvgIpc) is 3.23. The molecular formula is C44H67N3O11S. The summed E-state index contributed by atoms with van der Waals surface area (Å²) in [6.07, 6.45) is 3.59. The molecule has 0 aromatic heterocycles. The first kappa shape index (κ1) is 48.0. The molecule has 0 spiro atoms. The zero-order valence-electron chi connectivity index (χ0n) is 35.1. The second kappa shape index (κ2) is 24.6. The van der Waals surface area contributed by atoms with Crippen LogP contribution in [0.2, 0.25) is 0 Å². The largest absolute Gasteiger partial charge is 0.462 e. The number of fused-ring (bicyclic) bond motifs is 1. The first-order valence-electron chi connectivity index (χ1n) is 21.6. The van der Waals surface area contributed by atoms with Crippen LogP contribution in [0.25, 0.3) is 10.8 Å². The minimum Gasteiger partial charge on any atom is -0.462 e. The van der Waals surface area contributed by atoms with Gasteiger partial charge >= 0.3 is 11.9 Å². The molecule has 2 aromatic carbocycles. The van der Waals surface area contributed by atoms with E-state index in [0.717, 1.165) is 54.9 Å². The van der Waals surface area contributed by atoms with Crippen molar-refractivity contribution >= 4 is 44.4 Å². The lowest BCUT2D eigenvalue weighted by Crippen LogP contribution is -2.57. The monoisotopic (exact) mass is 845 g/mol. The van der Waals surface area contributed by atoms with Gasteiger partial charge in [0.05, 0.1) is 42.8 Å². The first-order valence-corrected chi connectivity index (χ1v) is 23.4. The Balaban J connectivity index is 1.59. The highest BCUT2D eigenvalue weighted by molar-refractivity contribution is 7.91. The third-order valence-corrected chi connectivity index (χ3v) is 13.2. The molecule has 1 aliphatic carbocycles. The summed E-state index contributed by atoms with van der Waals surface area (Å²) in [4.78, 5) is 54.9. The Hall–Kier alpha value is -3.63. The number of ether oxygens (including phenoxy) is 3. The molecule has 2 fully saturated rings. The Bertz CT molecular complexity index is 1740. The number of nitrogens with zero attached hydrogens (tertiary/aromatic N) is 1. The van der Waals surface area contributed by atoms with Crippen molar-refractivity contribution in [3.63, 3.8) is 0 Å². The van der Waals surface area contributed by atoms with E-state index >= 15 is 0 Å². The molecule has 2 amide bonds. The van der Waals surface area contributed by atoms with Crippen LogP contribution in [0.4, 0.5) is 0 Å². The summed E-state index contributed by atoms with van der Waals surface area (Å²) in [6, 6.07) is 11.4. The van der Waals surface area contributed by atoms with Gasteiger partial charge in [0.2, 0.25) is 11.8 Å². The average molecular weight is 846 g/mol. The van der Waals surface area contributed by atoms with E-state index < -0.39 is 88.0 Å². The summed E-state index contributed by atoms with van der Waals surface area (Å²) in [5, 5.41) is 30.5. The van der Waals surface area contributed by atoms with E-state index in [1.807, 2.05) is 54.3 Å². The lowest BCUT2D eigenvalue weighted by atomic mass is 9.83. The van der Waals surface area contributed by atoms with Crippen LogP contribution in [0.5, 0.6) is 0 Å². The molecule has 0 bridgehead atoms. The predicted octanol–water partition coefficient (Wildman–Crippen LogP) is 3.87. The fourth-order valence-corrected chi connectivity index (χ4v) is 9.78. The fourth-order valence-electron chi connectivity index (χ4n) is 8.03. The van der Waals surface area contributed by atoms with Crippen molar-refractivity contribution in [2.45, 2.75) is 128 Å². The molecule has 1 heterocycles. The number of carbonyl (C=O) groups is 4. The Morgan fingerprint density at radius 1 is 0.881 bits per heavy atom. The molecule has 59 heavy (non-hydrogen) atoms. The summed E-state index contributed by atoms with van der Waals surface area (Å²) in [5.41, 5.74) is 0.740. The number of aliphatic hydroxyl groups is 2. The normalized spacial score (nSPS) is 18.5. The molecule has 1 saturated carbocycles. The SMILES string of the molecule is CCCC[C@H](NC(=O)[C@H](Cc1cccc2ccccc12)CS(=O)(=O)CC(COC(=O)CC)OC(=O)CC)C(=O)N[C@@H](CC1CCCCC1)[C@@H](O)[C@@H](O)CN1CCOCC1. The number of sulfone groups is 1. The number of hydrogen-bond donors (Lipinski definition) is 4. The maximum Gasteiger partial charge on any atom is 0.305 e. The zero-order valence-corrected chi connectivity index (χ0v) is 36.0. The number of unbranched alkanes of at least 4 members (excludes halogenated alkanes) is 1. The quantitative estimate of drug-likeness (QED) is 0.112. The number of carbonyl (C=O) groups excluding carboxylic acids is 4. The van der Waals surface area contributed by atoms with Crippen molar-refractivity contribution in [1.82, 2.24) is 15.5 Å². The molecule has 330 valence electrons. The van der Waals surface area contributed by atoms with Gasteiger partial charge in [-0.15, -0.1) is 0 Å². The summed E-state index contributed by atoms with van der Waals surface area (Å²) in [7, 11) is -4.15. The van der Waals surface area contributed by atoms with Crippen molar-refractivity contribution in [2.24, 2.45) is 11.8 Å². The second-order valence-electron chi connectivity index (χ2n) is 16.1. The Morgan fingerprint density at radius 3 is 2.27 bits per heavy atom. The molecule has 4 N–H and O–H groups in total. The number of benzene rings is 2. The van der Waals surface area contributed by atoms with Crippen LogP contribution in [-0.2, 0) is 49.6 Å². The minimum atomic E-state index is -4.15. The van der Waals surface area contributed by atoms with E-state index in [2.05, 4.69) is 10.6 Å². The molecule has 1 saturated heterocycles. The van der Waals surface area contributed by atoms with Gasteiger partial charge in [0.1, 0.15) is 24.9 Å². The van der Waals surface area contributed by atoms with Gasteiger partial charge in [-0.3, -0.25) is 24.1 Å². The van der Waals surface area contributed by atoms with Gasteiger partial charge in [0.25, 0.3) is 0 Å². The van der Waals surface area contributed by atoms with E-state index in [4.69, 9.17) is 14.2 Å². The van der Waals surface area contributed by atoms with Crippen LogP contribution in [0.15, 0.2) is 42.5 Å². The van der Waals surface area contributed by atoms with Crippen LogP contribution in [0.3, 0.4) is 0 Å². The van der Waals surface area contributed by atoms with Gasteiger partial charge in [0.15, 0.2) is 9.84 Å². The maximum atomic E-state index is 14.5. The Morgan fingerprint density at radius 2 is 1.58 bits per heavy atom. The van der Waals surface area contributed by atoms with E-state index in [-0.39, 0.29) is 38.1 Å². The van der Waals surface area contributed by atoms with Crippen molar-refractivity contribution in [3.8, 4) is 0 Å². The lowest BCUT2D eigenvalue weighted by molar-refractivity contribution is -0.157. The Kier molecular flexibility index (Phi) is 20.0. The summed E-state index contributed by atoms with van der Waals surface area (Å²) in [5.74, 6) is -4.62. The summed E-state index contributed by atoms with van der Waals surface area (Å²) >= 11 is 0. The molecular weight excluding hydrogens is 779 g/mol. The van der Waals surface area contributed by atoms with E-state index in [1.54, 1.807) is 13.8 Å². The van der Waals surface area contributed by atoms with Crippen LogP contribution in [0.1, 0.15) is 97.0 Å². The highest BCUT2D eigenvalue weighted by Crippen LogP contribution is 2.29. The van der Waals surface area contributed by atoms with Crippen molar-refractivity contribution in [2.75, 3.05) is 51.0 Å². The Labute approximate surface area is 350 Å². The zero-order chi connectivity index (χ0) is 42.8. The third kappa shape index (κ3) is 16.1. The second-order valence-corrected chi connectivity index (χ2v) is 18.3. The highest BCUT2D eigenvalue weighted by atomic mass is 32.2. The standard InChI is InChI=1S/C44H67N3O11S/c1-4-7-20-37(44(53)46-38(25-31-14-9-8-10-15-31)42(51)39(48)27-47-21-23-56-24-22-47)45-43(52)34(26-33-18-13-17-32-16-11-12-19-36(32)33)29-59(54,55)30-35(58-41(50)6-3)28-57-40(49)5-2/h11-13,16-19,31,34-35,37-39,42,48,51H,4-10,14-15,20-30H2,1-3H3,(H,45,52)(H,46,53)/t34-,35?,37+,38+,39+,42-/m1/s1. The van der Waals surface area contributed by atoms with E-state index in [9.17, 15) is 37.8 Å². The highest BCUT2D eigenvalue weighted by Gasteiger charge is 2.36. The molecule has 6 atom stereocenters. The fraction of sp³-hybridized carbons (Fsp3) is 0.682. The topological polar surface area (TPSA) is 198 Å². The smallest absolute Gasteiger partial charge is 0.305 e. The van der Waals surface area contributed by atoms with Gasteiger partial charge in [0, 0.05) is 32.5 Å². The van der Waals surface area contributed by atoms with Crippen LogP contribution in [0, 0.1) is 11.8 Å². The number of hydrogen-bond acceptors (Lipinski definition) is 12. The molecule has 15 heteroatoms. The van der Waals surface area contributed by atoms with E-state index in [0.29, 0.717) is 39.1 Å². The van der Waals surface area contributed by atoms with Crippen LogP contribution >= 0.6 is 0 Å². The number of aliphatic hydroxyl groups excluding tert-OH is 2. The van der Waals surface area contributed by atoms with Crippen molar-refractivity contribution in [3.05, 3.63) is 48.0 Å². The predicted molar refractivity (Wildman–Crippen MR) is 225 cm³/mol. The van der Waals surface area contributed by atoms with Crippen LogP contribution in [-0.4, -0.2) is 129 Å². The number of esters is 2. The first-order chi connectivity index (χ1) is 28.3. The number of β-amino-alcohol motifs (C(OH)–C–C–N with tert-alkyl or cyclic N) is 1. The number of morpholine rings is 1. The number of nitrogens with one attached hydrogen (secondary N) is 2. The van der Waals surface area contributed by atoms with Gasteiger partial charge in [-0.25, -0.2) is 8.42 Å². The lowest BCUT2D eigenvalue weighted by Gasteiger charge is -2.35. The van der Waals surface area contributed by atoms with Crippen molar-refractivity contribution in [1.29, 1.82) is 0 Å². The molecule has 0 radical (unpaired) electrons. The summed E-state index contributed by atoms with van der Waals surface area (Å²) < 4.78 is 43.9. The molecule has 2 aromatic rings. The third-order valence-electron chi connectivity index (χ3n) is 11.4. The molecule has 2 aliphatic rings. The number of amides is 2. The molecule has 1 unspecified atom stereocenters. The number of rotatable bonds is 24. The minimum absolute atomic E-state index is 0.0169. The molecule has 1 aliphatic heterocycles. The maximum absolute atomic E-state index is 14.5. The van der Waals surface area contributed by atoms with Crippen LogP contribution < -0.4 is 10.6 Å². The van der Waals surface area contributed by atoms with E-state index in [1.165, 1.54) is 0 Å².